The second-order valence-corrected chi connectivity index (χ2v) is 6.38. The van der Waals surface area contributed by atoms with Crippen molar-refractivity contribution in [1.29, 1.82) is 0 Å². The van der Waals surface area contributed by atoms with E-state index in [4.69, 9.17) is 9.84 Å². The number of aliphatic hydroxyl groups is 1. The Labute approximate surface area is 116 Å². The third-order valence-corrected chi connectivity index (χ3v) is 3.04. The van der Waals surface area contributed by atoms with Crippen molar-refractivity contribution in [2.45, 2.75) is 46.1 Å². The summed E-state index contributed by atoms with van der Waals surface area (Å²) in [5, 5.41) is 11.9. The van der Waals surface area contributed by atoms with Gasteiger partial charge in [0.2, 0.25) is 0 Å². The molecule has 2 amide bonds. The molecule has 5 heteroatoms. The minimum absolute atomic E-state index is 0.0522. The summed E-state index contributed by atoms with van der Waals surface area (Å²) >= 11 is 0. The Balaban J connectivity index is 2.40. The Morgan fingerprint density at radius 2 is 2.21 bits per heavy atom. The molecule has 0 aromatic rings. The van der Waals surface area contributed by atoms with Crippen molar-refractivity contribution >= 4 is 6.03 Å². The van der Waals surface area contributed by atoms with E-state index in [2.05, 4.69) is 26.1 Å². The zero-order valence-corrected chi connectivity index (χ0v) is 12.4. The maximum absolute atomic E-state index is 12.2. The van der Waals surface area contributed by atoms with Crippen molar-refractivity contribution in [3.63, 3.8) is 0 Å². The van der Waals surface area contributed by atoms with Crippen LogP contribution in [0.15, 0.2) is 0 Å². The molecule has 0 saturated carbocycles. The molecule has 1 heterocycles. The fraction of sp³-hybridized carbons (Fsp3) is 0.929. The highest BCUT2D eigenvalue weighted by Crippen LogP contribution is 2.16. The van der Waals surface area contributed by atoms with Crippen LogP contribution in [0, 0.1) is 5.41 Å². The zero-order valence-electron chi connectivity index (χ0n) is 12.4. The summed E-state index contributed by atoms with van der Waals surface area (Å²) < 4.78 is 5.49. The summed E-state index contributed by atoms with van der Waals surface area (Å²) in [7, 11) is 0. The van der Waals surface area contributed by atoms with E-state index in [1.54, 1.807) is 4.90 Å². The summed E-state index contributed by atoms with van der Waals surface area (Å²) in [6.45, 7) is 9.08. The Hall–Kier alpha value is -0.810. The van der Waals surface area contributed by atoms with Gasteiger partial charge in [-0.25, -0.2) is 4.79 Å². The minimum Gasteiger partial charge on any atom is -0.396 e. The second-order valence-electron chi connectivity index (χ2n) is 6.38. The normalized spacial score (nSPS) is 19.5. The van der Waals surface area contributed by atoms with Gasteiger partial charge in [-0.3, -0.25) is 0 Å². The highest BCUT2D eigenvalue weighted by Gasteiger charge is 2.22. The molecule has 1 unspecified atom stereocenters. The molecule has 1 saturated heterocycles. The van der Waals surface area contributed by atoms with Crippen molar-refractivity contribution in [2.24, 2.45) is 5.41 Å². The first kappa shape index (κ1) is 16.2. The molecule has 1 rings (SSSR count). The molecule has 0 radical (unpaired) electrons. The van der Waals surface area contributed by atoms with E-state index in [0.29, 0.717) is 26.1 Å². The van der Waals surface area contributed by atoms with Gasteiger partial charge in [-0.15, -0.1) is 0 Å². The maximum Gasteiger partial charge on any atom is 0.317 e. The molecule has 2 N–H and O–H groups in total. The van der Waals surface area contributed by atoms with Crippen LogP contribution < -0.4 is 5.32 Å². The van der Waals surface area contributed by atoms with Crippen LogP contribution in [0.4, 0.5) is 4.79 Å². The molecular formula is C14H28N2O3. The molecule has 1 aliphatic heterocycles. The van der Waals surface area contributed by atoms with Crippen LogP contribution in [0.1, 0.15) is 40.0 Å². The fourth-order valence-electron chi connectivity index (χ4n) is 2.20. The van der Waals surface area contributed by atoms with Crippen molar-refractivity contribution < 1.29 is 14.6 Å². The van der Waals surface area contributed by atoms with Crippen molar-refractivity contribution in [3.05, 3.63) is 0 Å². The van der Waals surface area contributed by atoms with E-state index < -0.39 is 0 Å². The molecule has 1 aliphatic rings. The average Bonchev–Trinajstić information content (AvgIpc) is 2.83. The van der Waals surface area contributed by atoms with Crippen LogP contribution in [0.3, 0.4) is 0 Å². The van der Waals surface area contributed by atoms with Gasteiger partial charge in [-0.1, -0.05) is 20.8 Å². The average molecular weight is 272 g/mol. The third kappa shape index (κ3) is 6.78. The monoisotopic (exact) mass is 272 g/mol. The molecule has 1 fully saturated rings. The predicted molar refractivity (Wildman–Crippen MR) is 75.1 cm³/mol. The summed E-state index contributed by atoms with van der Waals surface area (Å²) in [5.41, 5.74) is 0.0522. The van der Waals surface area contributed by atoms with Gasteiger partial charge in [0.1, 0.15) is 0 Å². The standard InChI is InChI=1S/C14H28N2O3/c1-14(2,3)11-16(7-5-8-17)13(18)15-10-12-6-4-9-19-12/h12,17H,4-11H2,1-3H3,(H,15,18). The number of hydrogen-bond acceptors (Lipinski definition) is 3. The molecule has 5 nitrogen and oxygen atoms in total. The SMILES string of the molecule is CC(C)(C)CN(CCCO)C(=O)NCC1CCCO1. The van der Waals surface area contributed by atoms with Gasteiger partial charge in [-0.2, -0.15) is 0 Å². The Bertz CT molecular complexity index is 270. The first-order chi connectivity index (χ1) is 8.92. The van der Waals surface area contributed by atoms with E-state index >= 15 is 0 Å². The lowest BCUT2D eigenvalue weighted by atomic mass is 9.96. The quantitative estimate of drug-likeness (QED) is 0.772. The van der Waals surface area contributed by atoms with Crippen LogP contribution in [0.2, 0.25) is 0 Å². The van der Waals surface area contributed by atoms with Crippen LogP contribution in [0.5, 0.6) is 0 Å². The number of rotatable bonds is 6. The highest BCUT2D eigenvalue weighted by atomic mass is 16.5. The molecule has 0 aliphatic carbocycles. The predicted octanol–water partition coefficient (Wildman–Crippen LogP) is 1.61. The molecule has 1 atom stereocenters. The molecular weight excluding hydrogens is 244 g/mol. The number of nitrogens with zero attached hydrogens (tertiary/aromatic N) is 1. The van der Waals surface area contributed by atoms with Gasteiger partial charge in [0.15, 0.2) is 0 Å². The Kier molecular flexibility index (Phi) is 6.58. The van der Waals surface area contributed by atoms with E-state index in [1.807, 2.05) is 0 Å². The topological polar surface area (TPSA) is 61.8 Å². The summed E-state index contributed by atoms with van der Waals surface area (Å²) in [5.74, 6) is 0. The van der Waals surface area contributed by atoms with Gasteiger partial charge < -0.3 is 20.1 Å². The first-order valence-corrected chi connectivity index (χ1v) is 7.17. The van der Waals surface area contributed by atoms with Gasteiger partial charge in [0, 0.05) is 32.8 Å². The molecule has 0 aromatic heterocycles. The summed E-state index contributed by atoms with van der Waals surface area (Å²) in [4.78, 5) is 13.9. The zero-order chi connectivity index (χ0) is 14.3. The number of carbonyl (C=O) groups excluding carboxylic acids is 1. The maximum atomic E-state index is 12.2. The Morgan fingerprint density at radius 3 is 2.74 bits per heavy atom. The number of urea groups is 1. The lowest BCUT2D eigenvalue weighted by Gasteiger charge is -2.30. The van der Waals surface area contributed by atoms with Crippen molar-refractivity contribution in [1.82, 2.24) is 10.2 Å². The number of ether oxygens (including phenoxy) is 1. The minimum atomic E-state index is -0.0566. The third-order valence-electron chi connectivity index (χ3n) is 3.04. The van der Waals surface area contributed by atoms with Crippen LogP contribution >= 0.6 is 0 Å². The Morgan fingerprint density at radius 1 is 1.47 bits per heavy atom. The van der Waals surface area contributed by atoms with E-state index in [0.717, 1.165) is 19.4 Å². The van der Waals surface area contributed by atoms with Crippen molar-refractivity contribution in [3.8, 4) is 0 Å². The lowest BCUT2D eigenvalue weighted by Crippen LogP contribution is -2.46. The van der Waals surface area contributed by atoms with Gasteiger partial charge in [-0.05, 0) is 24.7 Å². The van der Waals surface area contributed by atoms with Crippen LogP contribution in [-0.2, 0) is 4.74 Å². The largest absolute Gasteiger partial charge is 0.396 e. The molecule has 0 bridgehead atoms. The van der Waals surface area contributed by atoms with E-state index in [1.165, 1.54) is 0 Å². The number of carbonyl (C=O) groups is 1. The molecule has 0 spiro atoms. The summed E-state index contributed by atoms with van der Waals surface area (Å²) in [6.07, 6.45) is 2.88. The summed E-state index contributed by atoms with van der Waals surface area (Å²) in [6, 6.07) is -0.0566. The first-order valence-electron chi connectivity index (χ1n) is 7.17. The fourth-order valence-corrected chi connectivity index (χ4v) is 2.20. The van der Waals surface area contributed by atoms with Gasteiger partial charge in [0.25, 0.3) is 0 Å². The molecule has 0 aromatic carbocycles. The van der Waals surface area contributed by atoms with E-state index in [9.17, 15) is 4.79 Å². The lowest BCUT2D eigenvalue weighted by molar-refractivity contribution is 0.107. The van der Waals surface area contributed by atoms with E-state index in [-0.39, 0.29) is 24.2 Å². The molecule has 112 valence electrons. The number of aliphatic hydroxyl groups excluding tert-OH is 1. The number of nitrogens with one attached hydrogen (secondary N) is 1. The number of amides is 2. The second kappa shape index (κ2) is 7.70. The highest BCUT2D eigenvalue weighted by molar-refractivity contribution is 5.74. The molecule has 19 heavy (non-hydrogen) atoms. The van der Waals surface area contributed by atoms with Crippen LogP contribution in [0.25, 0.3) is 0 Å². The van der Waals surface area contributed by atoms with Crippen LogP contribution in [-0.4, -0.2) is 55.0 Å². The van der Waals surface area contributed by atoms with Gasteiger partial charge in [0.05, 0.1) is 6.10 Å². The number of hydrogen-bond donors (Lipinski definition) is 2. The van der Waals surface area contributed by atoms with Gasteiger partial charge >= 0.3 is 6.03 Å². The smallest absolute Gasteiger partial charge is 0.317 e. The van der Waals surface area contributed by atoms with Crippen molar-refractivity contribution in [2.75, 3.05) is 32.8 Å².